The quantitative estimate of drug-likeness (QED) is 0.480. The molecule has 4 aromatic rings. The van der Waals surface area contributed by atoms with Gasteiger partial charge in [-0.2, -0.15) is 4.52 Å². The van der Waals surface area contributed by atoms with Crippen LogP contribution in [0.3, 0.4) is 0 Å². The van der Waals surface area contributed by atoms with Gasteiger partial charge < -0.3 is 15.4 Å². The van der Waals surface area contributed by atoms with E-state index in [-0.39, 0.29) is 11.9 Å². The number of amides is 1. The smallest absolute Gasteiger partial charge is 0.242 e. The van der Waals surface area contributed by atoms with Crippen LogP contribution >= 0.6 is 0 Å². The average molecular weight is 445 g/mol. The Bertz CT molecular complexity index is 1310. The molecule has 3 heterocycles. The summed E-state index contributed by atoms with van der Waals surface area (Å²) in [5.41, 5.74) is 3.61. The molecular weight excluding hydrogens is 416 g/mol. The number of carbonyl (C=O) groups is 1. The van der Waals surface area contributed by atoms with Crippen molar-refractivity contribution in [3.8, 4) is 17.1 Å². The summed E-state index contributed by atoms with van der Waals surface area (Å²) in [7, 11) is 1.64. The molecule has 8 heteroatoms. The third-order valence-electron chi connectivity index (χ3n) is 6.14. The van der Waals surface area contributed by atoms with Crippen molar-refractivity contribution >= 4 is 28.4 Å². The second kappa shape index (κ2) is 8.69. The summed E-state index contributed by atoms with van der Waals surface area (Å²) in [6.07, 6.45) is 2.70. The van der Waals surface area contributed by atoms with Crippen molar-refractivity contribution in [1.82, 2.24) is 24.9 Å². The lowest BCUT2D eigenvalue weighted by Crippen LogP contribution is -2.38. The van der Waals surface area contributed by atoms with Crippen LogP contribution in [0.15, 0.2) is 42.5 Å². The first kappa shape index (κ1) is 21.2. The first-order valence-electron chi connectivity index (χ1n) is 11.4. The van der Waals surface area contributed by atoms with E-state index in [4.69, 9.17) is 19.8 Å². The minimum atomic E-state index is -0.361. The molecule has 1 aliphatic heterocycles. The number of hydrogen-bond acceptors (Lipinski definition) is 6. The molecule has 1 saturated heterocycles. The molecule has 0 spiro atoms. The normalized spacial score (nSPS) is 16.7. The zero-order valence-corrected chi connectivity index (χ0v) is 19.1. The standard InChI is InChI=1S/C25H28N6O2/c1-15(2)18-7-6-8-19-21(18)28-25(27-20-9-4-5-14-26-24(20)32)31-23(19)29-22(30-31)16-10-12-17(33-3)13-11-16/h6-8,10-13,15,20H,4-5,9,14H2,1-3H3,(H,26,32)(H,27,28)/t20-/m1/s1. The number of anilines is 1. The number of methoxy groups -OCH3 is 1. The van der Waals surface area contributed by atoms with Gasteiger partial charge in [-0.05, 0) is 61.1 Å². The number of fused-ring (bicyclic) bond motifs is 3. The van der Waals surface area contributed by atoms with Crippen LogP contribution in [0, 0.1) is 0 Å². The Hall–Kier alpha value is -3.68. The van der Waals surface area contributed by atoms with E-state index >= 15 is 0 Å². The molecule has 1 atom stereocenters. The third kappa shape index (κ3) is 3.97. The van der Waals surface area contributed by atoms with E-state index in [1.54, 1.807) is 11.6 Å². The monoisotopic (exact) mass is 444 g/mol. The number of carbonyl (C=O) groups excluding carboxylic acids is 1. The fourth-order valence-electron chi connectivity index (χ4n) is 4.31. The van der Waals surface area contributed by atoms with Crippen molar-refractivity contribution in [2.45, 2.75) is 45.1 Å². The number of ether oxygens (including phenoxy) is 1. The lowest BCUT2D eigenvalue weighted by Gasteiger charge is -2.18. The summed E-state index contributed by atoms with van der Waals surface area (Å²) in [5.74, 6) is 2.19. The van der Waals surface area contributed by atoms with Crippen LogP contribution in [0.2, 0.25) is 0 Å². The minimum absolute atomic E-state index is 0.00446. The second-order valence-corrected chi connectivity index (χ2v) is 8.72. The van der Waals surface area contributed by atoms with Crippen LogP contribution in [0.5, 0.6) is 5.75 Å². The van der Waals surface area contributed by atoms with Crippen molar-refractivity contribution in [1.29, 1.82) is 0 Å². The fraction of sp³-hybridized carbons (Fsp3) is 0.360. The Morgan fingerprint density at radius 2 is 1.94 bits per heavy atom. The van der Waals surface area contributed by atoms with Crippen molar-refractivity contribution < 1.29 is 9.53 Å². The van der Waals surface area contributed by atoms with Crippen molar-refractivity contribution in [2.75, 3.05) is 19.0 Å². The number of hydrogen-bond donors (Lipinski definition) is 2. The second-order valence-electron chi connectivity index (χ2n) is 8.72. The van der Waals surface area contributed by atoms with Gasteiger partial charge in [0, 0.05) is 17.5 Å². The molecule has 0 radical (unpaired) electrons. The van der Waals surface area contributed by atoms with E-state index in [9.17, 15) is 4.79 Å². The fourth-order valence-corrected chi connectivity index (χ4v) is 4.31. The molecular formula is C25H28N6O2. The van der Waals surface area contributed by atoms with E-state index in [0.717, 1.165) is 47.0 Å². The van der Waals surface area contributed by atoms with Crippen LogP contribution in [0.25, 0.3) is 27.9 Å². The lowest BCUT2D eigenvalue weighted by atomic mass is 10.0. The third-order valence-corrected chi connectivity index (χ3v) is 6.14. The molecule has 0 aliphatic carbocycles. The summed E-state index contributed by atoms with van der Waals surface area (Å²) >= 11 is 0. The van der Waals surface area contributed by atoms with Crippen LogP contribution in [0.4, 0.5) is 5.95 Å². The Labute approximate surface area is 192 Å². The Balaban J connectivity index is 1.69. The predicted molar refractivity (Wildman–Crippen MR) is 129 cm³/mol. The maximum atomic E-state index is 12.6. The van der Waals surface area contributed by atoms with Crippen molar-refractivity contribution in [3.63, 3.8) is 0 Å². The maximum Gasteiger partial charge on any atom is 0.242 e. The highest BCUT2D eigenvalue weighted by Gasteiger charge is 2.24. The van der Waals surface area contributed by atoms with Gasteiger partial charge in [0.2, 0.25) is 11.9 Å². The van der Waals surface area contributed by atoms with Crippen molar-refractivity contribution in [3.05, 3.63) is 48.0 Å². The number of nitrogens with one attached hydrogen (secondary N) is 2. The van der Waals surface area contributed by atoms with Gasteiger partial charge in [-0.25, -0.2) is 9.97 Å². The number of aromatic nitrogens is 4. The lowest BCUT2D eigenvalue weighted by molar-refractivity contribution is -0.121. The molecule has 1 fully saturated rings. The number of benzene rings is 2. The van der Waals surface area contributed by atoms with Gasteiger partial charge in [-0.15, -0.1) is 5.10 Å². The molecule has 33 heavy (non-hydrogen) atoms. The summed E-state index contributed by atoms with van der Waals surface area (Å²) in [5, 5.41) is 12.1. The molecule has 2 aromatic heterocycles. The number of rotatable bonds is 5. The van der Waals surface area contributed by atoms with Crippen molar-refractivity contribution in [2.24, 2.45) is 0 Å². The number of nitrogens with zero attached hydrogens (tertiary/aromatic N) is 4. The molecule has 170 valence electrons. The zero-order valence-electron chi connectivity index (χ0n) is 19.1. The van der Waals surface area contributed by atoms with E-state index in [2.05, 4.69) is 30.5 Å². The molecule has 0 unspecified atom stereocenters. The van der Waals surface area contributed by atoms with Gasteiger partial charge in [0.15, 0.2) is 11.5 Å². The van der Waals surface area contributed by atoms with Gasteiger partial charge in [-0.3, -0.25) is 4.79 Å². The highest BCUT2D eigenvalue weighted by Crippen LogP contribution is 2.30. The van der Waals surface area contributed by atoms with E-state index in [1.165, 1.54) is 0 Å². The highest BCUT2D eigenvalue weighted by atomic mass is 16.5. The SMILES string of the molecule is COc1ccc(-c2nc3c4cccc(C(C)C)c4nc(N[C@@H]4CCCCNC4=O)n3n2)cc1. The first-order chi connectivity index (χ1) is 16.0. The molecule has 5 rings (SSSR count). The predicted octanol–water partition coefficient (Wildman–Crippen LogP) is 4.16. The van der Waals surface area contributed by atoms with Crippen LogP contribution in [0.1, 0.15) is 44.6 Å². The average Bonchev–Trinajstić information content (AvgIpc) is 3.19. The van der Waals surface area contributed by atoms with Gasteiger partial charge in [0.1, 0.15) is 11.8 Å². The topological polar surface area (TPSA) is 93.4 Å². The molecule has 0 saturated carbocycles. The van der Waals surface area contributed by atoms with Gasteiger partial charge >= 0.3 is 0 Å². The molecule has 8 nitrogen and oxygen atoms in total. The van der Waals surface area contributed by atoms with E-state index in [1.807, 2.05) is 36.4 Å². The summed E-state index contributed by atoms with van der Waals surface area (Å²) in [6, 6.07) is 13.5. The van der Waals surface area contributed by atoms with Gasteiger partial charge in [-0.1, -0.05) is 26.0 Å². The van der Waals surface area contributed by atoms with Crippen LogP contribution in [-0.2, 0) is 4.79 Å². The van der Waals surface area contributed by atoms with E-state index < -0.39 is 0 Å². The van der Waals surface area contributed by atoms with Crippen LogP contribution < -0.4 is 15.4 Å². The Kier molecular flexibility index (Phi) is 5.58. The largest absolute Gasteiger partial charge is 0.497 e. The minimum Gasteiger partial charge on any atom is -0.497 e. The van der Waals surface area contributed by atoms with Gasteiger partial charge in [0.05, 0.1) is 12.6 Å². The maximum absolute atomic E-state index is 12.6. The molecule has 2 aromatic carbocycles. The summed E-state index contributed by atoms with van der Waals surface area (Å²) in [6.45, 7) is 5.01. The molecule has 1 aliphatic rings. The van der Waals surface area contributed by atoms with E-state index in [0.29, 0.717) is 29.9 Å². The summed E-state index contributed by atoms with van der Waals surface area (Å²) in [4.78, 5) is 22.5. The number of para-hydroxylation sites is 1. The molecule has 0 bridgehead atoms. The van der Waals surface area contributed by atoms with Crippen LogP contribution in [-0.4, -0.2) is 45.2 Å². The summed E-state index contributed by atoms with van der Waals surface area (Å²) < 4.78 is 7.00. The van der Waals surface area contributed by atoms with Gasteiger partial charge in [0.25, 0.3) is 0 Å². The Morgan fingerprint density at radius 1 is 1.12 bits per heavy atom. The molecule has 1 amide bonds. The first-order valence-corrected chi connectivity index (χ1v) is 11.4. The Morgan fingerprint density at radius 3 is 2.70 bits per heavy atom. The highest BCUT2D eigenvalue weighted by molar-refractivity contribution is 5.95. The molecule has 2 N–H and O–H groups in total. The zero-order chi connectivity index (χ0) is 22.9.